The van der Waals surface area contributed by atoms with Crippen LogP contribution in [0.3, 0.4) is 0 Å². The molecule has 2 heterocycles. The zero-order valence-corrected chi connectivity index (χ0v) is 17.6. The molecule has 0 saturated carbocycles. The average Bonchev–Trinajstić information content (AvgIpc) is 3.28. The molecule has 6 nitrogen and oxygen atoms in total. The zero-order chi connectivity index (χ0) is 20.6. The SMILES string of the molecule is CC[C@]1(c2ccccc2)NC(=O)N(CN(C)[C@@H](C)c2nc3ccccc3s2)C1=O. The van der Waals surface area contributed by atoms with E-state index in [0.717, 1.165) is 20.8 Å². The number of imide groups is 1. The van der Waals surface area contributed by atoms with Crippen molar-refractivity contribution in [3.8, 4) is 0 Å². The number of carbonyl (C=O) groups excluding carboxylic acids is 2. The molecule has 1 aliphatic rings. The average molecular weight is 409 g/mol. The van der Waals surface area contributed by atoms with Gasteiger partial charge >= 0.3 is 6.03 Å². The maximum Gasteiger partial charge on any atom is 0.326 e. The molecular weight excluding hydrogens is 384 g/mol. The fourth-order valence-corrected chi connectivity index (χ4v) is 4.80. The topological polar surface area (TPSA) is 65.5 Å². The van der Waals surface area contributed by atoms with Crippen LogP contribution in [-0.4, -0.2) is 40.4 Å². The molecule has 3 amide bonds. The first-order chi connectivity index (χ1) is 14.0. The van der Waals surface area contributed by atoms with Gasteiger partial charge in [-0.3, -0.25) is 9.69 Å². The Kier molecular flexibility index (Phi) is 5.10. The summed E-state index contributed by atoms with van der Waals surface area (Å²) in [5.41, 5.74) is 0.778. The van der Waals surface area contributed by atoms with Crippen molar-refractivity contribution < 1.29 is 9.59 Å². The van der Waals surface area contributed by atoms with E-state index in [9.17, 15) is 9.59 Å². The van der Waals surface area contributed by atoms with Crippen molar-refractivity contribution in [1.29, 1.82) is 0 Å². The van der Waals surface area contributed by atoms with E-state index in [1.807, 2.05) is 74.3 Å². The monoisotopic (exact) mass is 408 g/mol. The minimum atomic E-state index is -1.00. The molecule has 29 heavy (non-hydrogen) atoms. The maximum absolute atomic E-state index is 13.3. The third kappa shape index (κ3) is 3.30. The van der Waals surface area contributed by atoms with Crippen LogP contribution in [0.1, 0.15) is 36.9 Å². The summed E-state index contributed by atoms with van der Waals surface area (Å²) in [6.45, 7) is 4.17. The summed E-state index contributed by atoms with van der Waals surface area (Å²) < 4.78 is 1.13. The molecule has 0 radical (unpaired) electrons. The normalized spacial score (nSPS) is 20.5. The van der Waals surface area contributed by atoms with Crippen LogP contribution in [-0.2, 0) is 10.3 Å². The summed E-state index contributed by atoms with van der Waals surface area (Å²) in [5.74, 6) is -0.209. The summed E-state index contributed by atoms with van der Waals surface area (Å²) in [7, 11) is 1.91. The number of amides is 3. The van der Waals surface area contributed by atoms with Crippen LogP contribution in [0.2, 0.25) is 0 Å². The van der Waals surface area contributed by atoms with Gasteiger partial charge in [0.2, 0.25) is 0 Å². The standard InChI is InChI=1S/C22H24N4O2S/c1-4-22(16-10-6-5-7-11-16)20(27)26(21(28)24-22)14-25(3)15(2)19-23-17-12-8-9-13-18(17)29-19/h5-13,15H,4,14H2,1-3H3,(H,24,28)/t15-,22+/m0/s1. The van der Waals surface area contributed by atoms with E-state index in [2.05, 4.69) is 11.4 Å². The molecule has 2 atom stereocenters. The number of benzene rings is 2. The first-order valence-electron chi connectivity index (χ1n) is 9.71. The lowest BCUT2D eigenvalue weighted by molar-refractivity contribution is -0.133. The molecule has 0 unspecified atom stereocenters. The first kappa shape index (κ1) is 19.5. The molecule has 0 aliphatic carbocycles. The Morgan fingerprint density at radius 1 is 1.14 bits per heavy atom. The summed E-state index contributed by atoms with van der Waals surface area (Å²) in [4.78, 5) is 34.0. The lowest BCUT2D eigenvalue weighted by Crippen LogP contribution is -2.45. The van der Waals surface area contributed by atoms with Crippen LogP contribution in [0.15, 0.2) is 54.6 Å². The number of carbonyl (C=O) groups is 2. The van der Waals surface area contributed by atoms with Crippen LogP contribution in [0.25, 0.3) is 10.2 Å². The molecular formula is C22H24N4O2S. The number of fused-ring (bicyclic) bond motifs is 1. The number of thiazole rings is 1. The van der Waals surface area contributed by atoms with Gasteiger partial charge in [0.1, 0.15) is 10.5 Å². The van der Waals surface area contributed by atoms with Gasteiger partial charge in [0.15, 0.2) is 0 Å². The van der Waals surface area contributed by atoms with Crippen LogP contribution in [0.5, 0.6) is 0 Å². The fraction of sp³-hybridized carbons (Fsp3) is 0.318. The van der Waals surface area contributed by atoms with E-state index in [0.29, 0.717) is 6.42 Å². The Morgan fingerprint density at radius 3 is 2.52 bits per heavy atom. The number of urea groups is 1. The molecule has 0 spiro atoms. The third-order valence-electron chi connectivity index (χ3n) is 5.67. The van der Waals surface area contributed by atoms with E-state index in [-0.39, 0.29) is 24.6 Å². The minimum Gasteiger partial charge on any atom is -0.319 e. The second-order valence-electron chi connectivity index (χ2n) is 7.38. The largest absolute Gasteiger partial charge is 0.326 e. The van der Waals surface area contributed by atoms with Gasteiger partial charge < -0.3 is 5.32 Å². The Morgan fingerprint density at radius 2 is 1.83 bits per heavy atom. The Hall–Kier alpha value is -2.77. The van der Waals surface area contributed by atoms with E-state index in [1.54, 1.807) is 11.3 Å². The zero-order valence-electron chi connectivity index (χ0n) is 16.8. The predicted octanol–water partition coefficient (Wildman–Crippen LogP) is 4.10. The van der Waals surface area contributed by atoms with Crippen molar-refractivity contribution in [2.24, 2.45) is 0 Å². The van der Waals surface area contributed by atoms with Crippen molar-refractivity contribution >= 4 is 33.5 Å². The molecule has 3 aromatic rings. The van der Waals surface area contributed by atoms with Gasteiger partial charge in [-0.25, -0.2) is 14.7 Å². The Balaban J connectivity index is 1.55. The molecule has 1 fully saturated rings. The van der Waals surface area contributed by atoms with E-state index in [1.165, 1.54) is 4.90 Å². The third-order valence-corrected chi connectivity index (χ3v) is 6.87. The van der Waals surface area contributed by atoms with Gasteiger partial charge in [0.25, 0.3) is 5.91 Å². The highest BCUT2D eigenvalue weighted by molar-refractivity contribution is 7.18. The molecule has 150 valence electrons. The predicted molar refractivity (Wildman–Crippen MR) is 114 cm³/mol. The van der Waals surface area contributed by atoms with Crippen LogP contribution in [0, 0.1) is 0 Å². The van der Waals surface area contributed by atoms with Crippen LogP contribution >= 0.6 is 11.3 Å². The summed E-state index contributed by atoms with van der Waals surface area (Å²) in [5, 5.41) is 3.90. The van der Waals surface area contributed by atoms with Gasteiger partial charge in [0, 0.05) is 0 Å². The molecule has 0 bridgehead atoms. The lowest BCUT2D eigenvalue weighted by Gasteiger charge is -2.28. The fourth-order valence-electron chi connectivity index (χ4n) is 3.72. The van der Waals surface area contributed by atoms with Crippen molar-refractivity contribution in [1.82, 2.24) is 20.1 Å². The Bertz CT molecular complexity index is 1020. The smallest absolute Gasteiger partial charge is 0.319 e. The molecule has 1 aliphatic heterocycles. The van der Waals surface area contributed by atoms with Crippen LogP contribution < -0.4 is 5.32 Å². The quantitative estimate of drug-likeness (QED) is 0.624. The maximum atomic E-state index is 13.3. The number of rotatable bonds is 6. The molecule has 2 aromatic carbocycles. The number of hydrogen-bond acceptors (Lipinski definition) is 5. The summed E-state index contributed by atoms with van der Waals surface area (Å²) in [6, 6.07) is 17.1. The van der Waals surface area contributed by atoms with E-state index < -0.39 is 5.54 Å². The van der Waals surface area contributed by atoms with Gasteiger partial charge in [-0.15, -0.1) is 11.3 Å². The number of para-hydroxylation sites is 1. The van der Waals surface area contributed by atoms with Gasteiger partial charge in [-0.1, -0.05) is 49.4 Å². The highest BCUT2D eigenvalue weighted by Crippen LogP contribution is 2.34. The number of nitrogens with zero attached hydrogens (tertiary/aromatic N) is 3. The van der Waals surface area contributed by atoms with Gasteiger partial charge in [-0.2, -0.15) is 0 Å². The Labute approximate surface area is 174 Å². The second-order valence-corrected chi connectivity index (χ2v) is 8.44. The van der Waals surface area contributed by atoms with Crippen molar-refractivity contribution in [3.05, 3.63) is 65.2 Å². The van der Waals surface area contributed by atoms with E-state index in [4.69, 9.17) is 4.98 Å². The molecule has 1 aromatic heterocycles. The molecule has 4 rings (SSSR count). The van der Waals surface area contributed by atoms with Gasteiger partial charge in [-0.05, 0) is 38.1 Å². The van der Waals surface area contributed by atoms with Crippen LogP contribution in [0.4, 0.5) is 4.79 Å². The van der Waals surface area contributed by atoms with Crippen molar-refractivity contribution in [2.75, 3.05) is 13.7 Å². The second kappa shape index (κ2) is 7.57. The number of nitrogens with one attached hydrogen (secondary N) is 1. The number of hydrogen-bond donors (Lipinski definition) is 1. The van der Waals surface area contributed by atoms with Crippen molar-refractivity contribution in [2.45, 2.75) is 31.8 Å². The highest BCUT2D eigenvalue weighted by Gasteiger charge is 2.51. The van der Waals surface area contributed by atoms with E-state index >= 15 is 0 Å². The molecule has 7 heteroatoms. The minimum absolute atomic E-state index is 0.0265. The number of aromatic nitrogens is 1. The molecule has 1 N–H and O–H groups in total. The van der Waals surface area contributed by atoms with Gasteiger partial charge in [0.05, 0.1) is 22.9 Å². The molecule has 1 saturated heterocycles. The summed E-state index contributed by atoms with van der Waals surface area (Å²) in [6.07, 6.45) is 0.495. The summed E-state index contributed by atoms with van der Waals surface area (Å²) >= 11 is 1.64. The van der Waals surface area contributed by atoms with Crippen molar-refractivity contribution in [3.63, 3.8) is 0 Å². The lowest BCUT2D eigenvalue weighted by atomic mass is 9.87. The first-order valence-corrected chi connectivity index (χ1v) is 10.5. The highest BCUT2D eigenvalue weighted by atomic mass is 32.1.